The van der Waals surface area contributed by atoms with Gasteiger partial charge in [0.1, 0.15) is 0 Å². The highest BCUT2D eigenvalue weighted by Crippen LogP contribution is 2.13. The number of ketones is 1. The Morgan fingerprint density at radius 1 is 0.818 bits per heavy atom. The summed E-state index contributed by atoms with van der Waals surface area (Å²) < 4.78 is 0. The largest absolute Gasteiger partial charge is 0.545 e. The van der Waals surface area contributed by atoms with Crippen LogP contribution < -0.4 is 10.4 Å². The number of carboxylic acid groups (broad SMARTS) is 1. The summed E-state index contributed by atoms with van der Waals surface area (Å²) in [5.74, 6) is -2.15. The molecule has 5 nitrogen and oxygen atoms in total. The van der Waals surface area contributed by atoms with E-state index in [-0.39, 0.29) is 5.78 Å². The maximum atomic E-state index is 12.2. The minimum Gasteiger partial charge on any atom is -0.545 e. The quantitative estimate of drug-likeness (QED) is 0.662. The van der Waals surface area contributed by atoms with Gasteiger partial charge in [-0.05, 0) is 30.3 Å². The van der Waals surface area contributed by atoms with Crippen molar-refractivity contribution in [2.45, 2.75) is 0 Å². The van der Waals surface area contributed by atoms with Gasteiger partial charge in [0.15, 0.2) is 5.78 Å². The second-order valence-electron chi connectivity index (χ2n) is 4.41. The lowest BCUT2D eigenvalue weighted by Crippen LogP contribution is -2.20. The van der Waals surface area contributed by atoms with E-state index in [4.69, 9.17) is 0 Å². The Bertz CT molecular complexity index is 718. The summed E-state index contributed by atoms with van der Waals surface area (Å²) >= 11 is 0. The molecule has 0 unspecified atom stereocenters. The van der Waals surface area contributed by atoms with E-state index in [1.54, 1.807) is 48.5 Å². The minimum absolute atomic E-state index is 0.115. The molecule has 0 aromatic heterocycles. The molecule has 2 rings (SSSR count). The van der Waals surface area contributed by atoms with Crippen LogP contribution in [0.1, 0.15) is 15.9 Å². The summed E-state index contributed by atoms with van der Waals surface area (Å²) in [4.78, 5) is 33.8. The molecule has 2 aromatic rings. The molecular formula is C17H12NO4-. The van der Waals surface area contributed by atoms with Gasteiger partial charge in [0.05, 0.1) is 5.97 Å². The summed E-state index contributed by atoms with van der Waals surface area (Å²) in [6.07, 6.45) is 1.50. The van der Waals surface area contributed by atoms with Crippen LogP contribution in [0.25, 0.3) is 0 Å². The average molecular weight is 294 g/mol. The van der Waals surface area contributed by atoms with Crippen LogP contribution in [0.3, 0.4) is 0 Å². The van der Waals surface area contributed by atoms with Gasteiger partial charge in [-0.3, -0.25) is 9.59 Å². The van der Waals surface area contributed by atoms with E-state index in [0.29, 0.717) is 22.9 Å². The van der Waals surface area contributed by atoms with E-state index >= 15 is 0 Å². The zero-order valence-corrected chi connectivity index (χ0v) is 11.5. The number of nitrogens with one attached hydrogen (secondary N) is 1. The van der Waals surface area contributed by atoms with E-state index in [2.05, 4.69) is 5.32 Å². The Balaban J connectivity index is 2.06. The standard InChI is InChI=1S/C17H13NO4/c19-15(10-11-16(20)21)18-14-8-6-13(7-9-14)17(22)12-4-2-1-3-5-12/h1-11H,(H,18,19)(H,20,21)/p-1. The maximum Gasteiger partial charge on any atom is 0.248 e. The number of aliphatic carboxylic acids is 1. The normalized spacial score (nSPS) is 10.4. The molecule has 1 amide bonds. The molecule has 0 radical (unpaired) electrons. The van der Waals surface area contributed by atoms with Crippen LogP contribution in [0.5, 0.6) is 0 Å². The minimum atomic E-state index is -1.45. The van der Waals surface area contributed by atoms with Crippen molar-refractivity contribution in [3.8, 4) is 0 Å². The van der Waals surface area contributed by atoms with Gasteiger partial charge >= 0.3 is 0 Å². The summed E-state index contributed by atoms with van der Waals surface area (Å²) in [6.45, 7) is 0. The van der Waals surface area contributed by atoms with Crippen molar-refractivity contribution in [3.05, 3.63) is 77.9 Å². The maximum absolute atomic E-state index is 12.2. The van der Waals surface area contributed by atoms with Crippen LogP contribution in [0, 0.1) is 0 Å². The molecule has 0 bridgehead atoms. The SMILES string of the molecule is O=C([O-])C=CC(=O)Nc1ccc(C(=O)c2ccccc2)cc1. The molecular weight excluding hydrogens is 282 g/mol. The number of hydrogen-bond donors (Lipinski definition) is 1. The number of carboxylic acids is 1. The number of carbonyl (C=O) groups is 3. The molecule has 0 fully saturated rings. The van der Waals surface area contributed by atoms with Gasteiger partial charge in [0.2, 0.25) is 5.91 Å². The Hall–Kier alpha value is -3.21. The molecule has 22 heavy (non-hydrogen) atoms. The van der Waals surface area contributed by atoms with Crippen LogP contribution in [0.2, 0.25) is 0 Å². The van der Waals surface area contributed by atoms with Crippen molar-refractivity contribution in [2.24, 2.45) is 0 Å². The molecule has 0 saturated carbocycles. The van der Waals surface area contributed by atoms with Crippen molar-refractivity contribution in [3.63, 3.8) is 0 Å². The summed E-state index contributed by atoms with van der Waals surface area (Å²) in [7, 11) is 0. The number of benzene rings is 2. The number of carbonyl (C=O) groups excluding carboxylic acids is 3. The van der Waals surface area contributed by atoms with Gasteiger partial charge < -0.3 is 15.2 Å². The second kappa shape index (κ2) is 6.99. The second-order valence-corrected chi connectivity index (χ2v) is 4.41. The van der Waals surface area contributed by atoms with Crippen molar-refractivity contribution in [1.82, 2.24) is 0 Å². The zero-order valence-electron chi connectivity index (χ0n) is 11.5. The highest BCUT2D eigenvalue weighted by molar-refractivity contribution is 6.09. The fourth-order valence-corrected chi connectivity index (χ4v) is 1.79. The molecule has 0 aliphatic heterocycles. The van der Waals surface area contributed by atoms with E-state index in [1.165, 1.54) is 0 Å². The fraction of sp³-hybridized carbons (Fsp3) is 0. The molecule has 0 aliphatic carbocycles. The smallest absolute Gasteiger partial charge is 0.248 e. The average Bonchev–Trinajstić information content (AvgIpc) is 2.54. The van der Waals surface area contributed by atoms with Crippen molar-refractivity contribution in [2.75, 3.05) is 5.32 Å². The predicted molar refractivity (Wildman–Crippen MR) is 79.1 cm³/mol. The molecule has 0 atom stereocenters. The van der Waals surface area contributed by atoms with Crippen LogP contribution in [-0.4, -0.2) is 17.7 Å². The lowest BCUT2D eigenvalue weighted by molar-refractivity contribution is -0.297. The van der Waals surface area contributed by atoms with Gasteiger partial charge in [-0.2, -0.15) is 0 Å². The molecule has 0 aliphatic rings. The Labute approximate surface area is 126 Å². The van der Waals surface area contributed by atoms with Crippen molar-refractivity contribution >= 4 is 23.3 Å². The van der Waals surface area contributed by atoms with Gasteiger partial charge in [0.25, 0.3) is 0 Å². The van der Waals surface area contributed by atoms with Crippen LogP contribution in [0.4, 0.5) is 5.69 Å². The third-order valence-electron chi connectivity index (χ3n) is 2.82. The molecule has 0 saturated heterocycles. The first-order valence-electron chi connectivity index (χ1n) is 6.46. The van der Waals surface area contributed by atoms with Crippen molar-refractivity contribution < 1.29 is 19.5 Å². The molecule has 5 heteroatoms. The third kappa shape index (κ3) is 4.14. The van der Waals surface area contributed by atoms with Gasteiger partial charge in [-0.1, -0.05) is 30.3 Å². The summed E-state index contributed by atoms with van der Waals surface area (Å²) in [5, 5.41) is 12.7. The van der Waals surface area contributed by atoms with E-state index in [0.717, 1.165) is 6.08 Å². The van der Waals surface area contributed by atoms with Gasteiger partial charge in [-0.25, -0.2) is 0 Å². The summed E-state index contributed by atoms with van der Waals surface area (Å²) in [6, 6.07) is 15.2. The number of anilines is 1. The first-order chi connectivity index (χ1) is 10.6. The van der Waals surface area contributed by atoms with Crippen LogP contribution in [-0.2, 0) is 9.59 Å². The number of rotatable bonds is 5. The van der Waals surface area contributed by atoms with E-state index in [9.17, 15) is 19.5 Å². The number of hydrogen-bond acceptors (Lipinski definition) is 4. The zero-order chi connectivity index (χ0) is 15.9. The lowest BCUT2D eigenvalue weighted by atomic mass is 10.0. The van der Waals surface area contributed by atoms with Gasteiger partial charge in [-0.15, -0.1) is 0 Å². The molecule has 0 heterocycles. The lowest BCUT2D eigenvalue weighted by Gasteiger charge is -2.04. The van der Waals surface area contributed by atoms with E-state index < -0.39 is 11.9 Å². The monoisotopic (exact) mass is 294 g/mol. The van der Waals surface area contributed by atoms with Crippen molar-refractivity contribution in [1.29, 1.82) is 0 Å². The fourth-order valence-electron chi connectivity index (χ4n) is 1.79. The summed E-state index contributed by atoms with van der Waals surface area (Å²) in [5.41, 5.74) is 1.53. The van der Waals surface area contributed by atoms with Crippen LogP contribution in [0.15, 0.2) is 66.7 Å². The highest BCUT2D eigenvalue weighted by Gasteiger charge is 2.08. The number of amides is 1. The van der Waals surface area contributed by atoms with E-state index in [1.807, 2.05) is 6.07 Å². The first kappa shape index (κ1) is 15.2. The Morgan fingerprint density at radius 2 is 1.41 bits per heavy atom. The molecule has 0 spiro atoms. The molecule has 110 valence electrons. The topological polar surface area (TPSA) is 86.3 Å². The molecule has 2 aromatic carbocycles. The first-order valence-corrected chi connectivity index (χ1v) is 6.46. The highest BCUT2D eigenvalue weighted by atomic mass is 16.4. The predicted octanol–water partition coefficient (Wildman–Crippen LogP) is 1.16. The molecule has 1 N–H and O–H groups in total. The van der Waals surface area contributed by atoms with Gasteiger partial charge in [0, 0.05) is 22.9 Å². The van der Waals surface area contributed by atoms with Crippen LogP contribution >= 0.6 is 0 Å². The Morgan fingerprint density at radius 3 is 2.00 bits per heavy atom. The Kier molecular flexibility index (Phi) is 4.82. The third-order valence-corrected chi connectivity index (χ3v) is 2.82.